The fraction of sp³-hybridized carbons (Fsp3) is 0.154. The number of benzene rings is 1. The first-order chi connectivity index (χ1) is 9.36. The Kier molecular flexibility index (Phi) is 4.40. The second-order valence-corrected chi connectivity index (χ2v) is 4.73. The molecule has 20 heavy (non-hydrogen) atoms. The van der Waals surface area contributed by atoms with Crippen LogP contribution in [0.5, 0.6) is 5.88 Å². The highest BCUT2D eigenvalue weighted by Crippen LogP contribution is 2.29. The quantitative estimate of drug-likeness (QED) is 0.794. The predicted octanol–water partition coefficient (Wildman–Crippen LogP) is 4.99. The average molecular weight is 322 g/mol. The number of nitrogens with zero attached hydrogens (tertiary/aromatic N) is 1. The second kappa shape index (κ2) is 5.89. The molecule has 1 heterocycles. The van der Waals surface area contributed by atoms with Crippen LogP contribution in [0.15, 0.2) is 36.5 Å². The van der Waals surface area contributed by atoms with Crippen LogP contribution in [0.2, 0.25) is 10.0 Å². The maximum absolute atomic E-state index is 12.3. The largest absolute Gasteiger partial charge is 0.473 e. The van der Waals surface area contributed by atoms with E-state index in [1.54, 1.807) is 18.2 Å². The van der Waals surface area contributed by atoms with Gasteiger partial charge >= 0.3 is 6.18 Å². The van der Waals surface area contributed by atoms with Crippen LogP contribution in [0.1, 0.15) is 11.1 Å². The van der Waals surface area contributed by atoms with E-state index in [4.69, 9.17) is 27.9 Å². The van der Waals surface area contributed by atoms with Gasteiger partial charge in [-0.25, -0.2) is 4.98 Å². The van der Waals surface area contributed by atoms with Crippen molar-refractivity contribution < 1.29 is 17.9 Å². The summed E-state index contributed by atoms with van der Waals surface area (Å²) in [5, 5.41) is 0.802. The van der Waals surface area contributed by atoms with E-state index in [0.717, 1.165) is 17.8 Å². The Labute approximate surface area is 123 Å². The molecule has 0 aliphatic carbocycles. The SMILES string of the molecule is FC(F)(F)c1ccc(OCc2ccc(Cl)c(Cl)c2)nc1. The Morgan fingerprint density at radius 3 is 2.35 bits per heavy atom. The van der Waals surface area contributed by atoms with Gasteiger partial charge in [-0.1, -0.05) is 29.3 Å². The summed E-state index contributed by atoms with van der Waals surface area (Å²) in [7, 11) is 0. The smallest absolute Gasteiger partial charge is 0.417 e. The van der Waals surface area contributed by atoms with E-state index >= 15 is 0 Å². The standard InChI is InChI=1S/C13H8Cl2F3NO/c14-10-3-1-8(5-11(10)15)7-20-12-4-2-9(6-19-12)13(16,17)18/h1-6H,7H2. The van der Waals surface area contributed by atoms with Crippen molar-refractivity contribution in [2.24, 2.45) is 0 Å². The van der Waals surface area contributed by atoms with Gasteiger partial charge in [0, 0.05) is 12.3 Å². The third-order valence-electron chi connectivity index (χ3n) is 2.43. The molecule has 2 aromatic rings. The van der Waals surface area contributed by atoms with Crippen molar-refractivity contribution in [3.63, 3.8) is 0 Å². The van der Waals surface area contributed by atoms with Crippen LogP contribution >= 0.6 is 23.2 Å². The number of hydrogen-bond donors (Lipinski definition) is 0. The van der Waals surface area contributed by atoms with Gasteiger partial charge < -0.3 is 4.74 Å². The van der Waals surface area contributed by atoms with Crippen molar-refractivity contribution >= 4 is 23.2 Å². The highest BCUT2D eigenvalue weighted by atomic mass is 35.5. The van der Waals surface area contributed by atoms with Gasteiger partial charge in [0.15, 0.2) is 0 Å². The first kappa shape index (κ1) is 14.9. The zero-order valence-corrected chi connectivity index (χ0v) is 11.4. The Bertz CT molecular complexity index is 600. The number of aromatic nitrogens is 1. The van der Waals surface area contributed by atoms with E-state index in [2.05, 4.69) is 4.98 Å². The monoisotopic (exact) mass is 321 g/mol. The van der Waals surface area contributed by atoms with Crippen molar-refractivity contribution in [3.8, 4) is 5.88 Å². The van der Waals surface area contributed by atoms with Crippen molar-refractivity contribution in [1.29, 1.82) is 0 Å². The molecule has 2 nitrogen and oxygen atoms in total. The Morgan fingerprint density at radius 2 is 1.80 bits per heavy atom. The molecule has 0 aliphatic heterocycles. The first-order valence-electron chi connectivity index (χ1n) is 5.46. The lowest BCUT2D eigenvalue weighted by atomic mass is 10.2. The molecule has 0 bridgehead atoms. The highest BCUT2D eigenvalue weighted by Gasteiger charge is 2.30. The molecule has 0 saturated heterocycles. The molecule has 0 spiro atoms. The third-order valence-corrected chi connectivity index (χ3v) is 3.17. The predicted molar refractivity (Wildman–Crippen MR) is 70.0 cm³/mol. The van der Waals surface area contributed by atoms with Crippen molar-refractivity contribution in [2.75, 3.05) is 0 Å². The molecule has 0 fully saturated rings. The summed E-state index contributed by atoms with van der Waals surface area (Å²) in [6.07, 6.45) is -3.68. The maximum Gasteiger partial charge on any atom is 0.417 e. The molecule has 106 valence electrons. The molecule has 0 radical (unpaired) electrons. The van der Waals surface area contributed by atoms with E-state index in [1.165, 1.54) is 6.07 Å². The number of halogens is 5. The van der Waals surface area contributed by atoms with Crippen LogP contribution in [0.4, 0.5) is 13.2 Å². The number of hydrogen-bond acceptors (Lipinski definition) is 2. The van der Waals surface area contributed by atoms with Gasteiger partial charge in [-0.2, -0.15) is 13.2 Å². The molecule has 0 atom stereocenters. The number of alkyl halides is 3. The lowest BCUT2D eigenvalue weighted by Gasteiger charge is -2.08. The molecule has 0 saturated carbocycles. The van der Waals surface area contributed by atoms with Crippen LogP contribution in [0, 0.1) is 0 Å². The Balaban J connectivity index is 2.02. The molecule has 0 N–H and O–H groups in total. The number of ether oxygens (including phenoxy) is 1. The summed E-state index contributed by atoms with van der Waals surface area (Å²) in [4.78, 5) is 3.60. The van der Waals surface area contributed by atoms with Crippen LogP contribution in [0.3, 0.4) is 0 Å². The average Bonchev–Trinajstić information content (AvgIpc) is 2.40. The van der Waals surface area contributed by atoms with Crippen molar-refractivity contribution in [3.05, 3.63) is 57.7 Å². The van der Waals surface area contributed by atoms with Crippen LogP contribution in [-0.2, 0) is 12.8 Å². The zero-order valence-electron chi connectivity index (χ0n) is 9.92. The van der Waals surface area contributed by atoms with Crippen molar-refractivity contribution in [2.45, 2.75) is 12.8 Å². The van der Waals surface area contributed by atoms with E-state index in [-0.39, 0.29) is 12.5 Å². The summed E-state index contributed by atoms with van der Waals surface area (Å²) in [6, 6.07) is 7.02. The lowest BCUT2D eigenvalue weighted by Crippen LogP contribution is -2.05. The third kappa shape index (κ3) is 3.77. The number of rotatable bonds is 3. The van der Waals surface area contributed by atoms with E-state index < -0.39 is 11.7 Å². The highest BCUT2D eigenvalue weighted by molar-refractivity contribution is 6.42. The van der Waals surface area contributed by atoms with Crippen molar-refractivity contribution in [1.82, 2.24) is 4.98 Å². The van der Waals surface area contributed by atoms with Gasteiger partial charge in [-0.05, 0) is 23.8 Å². The summed E-state index contributed by atoms with van der Waals surface area (Å²) in [5.74, 6) is 0.101. The van der Waals surface area contributed by atoms with Gasteiger partial charge in [-0.15, -0.1) is 0 Å². The molecule has 1 aromatic carbocycles. The molecule has 7 heteroatoms. The minimum atomic E-state index is -4.41. The lowest BCUT2D eigenvalue weighted by molar-refractivity contribution is -0.137. The minimum absolute atomic E-state index is 0.101. The van der Waals surface area contributed by atoms with Gasteiger partial charge in [0.25, 0.3) is 0 Å². The summed E-state index contributed by atoms with van der Waals surface area (Å²) < 4.78 is 42.3. The summed E-state index contributed by atoms with van der Waals surface area (Å²) in [6.45, 7) is 0.134. The molecule has 0 unspecified atom stereocenters. The first-order valence-corrected chi connectivity index (χ1v) is 6.22. The normalized spacial score (nSPS) is 11.4. The Morgan fingerprint density at radius 1 is 1.05 bits per heavy atom. The topological polar surface area (TPSA) is 22.1 Å². The number of pyridine rings is 1. The summed E-state index contributed by atoms with van der Waals surface area (Å²) in [5.41, 5.74) is -0.0829. The van der Waals surface area contributed by atoms with Crippen LogP contribution in [-0.4, -0.2) is 4.98 Å². The van der Waals surface area contributed by atoms with E-state index in [0.29, 0.717) is 10.0 Å². The molecular weight excluding hydrogens is 314 g/mol. The fourth-order valence-corrected chi connectivity index (χ4v) is 1.74. The summed E-state index contributed by atoms with van der Waals surface area (Å²) >= 11 is 11.6. The maximum atomic E-state index is 12.3. The van der Waals surface area contributed by atoms with Crippen LogP contribution in [0.25, 0.3) is 0 Å². The van der Waals surface area contributed by atoms with Gasteiger partial charge in [0.05, 0.1) is 15.6 Å². The van der Waals surface area contributed by atoms with Gasteiger partial charge in [0.2, 0.25) is 5.88 Å². The van der Waals surface area contributed by atoms with E-state index in [9.17, 15) is 13.2 Å². The van der Waals surface area contributed by atoms with Gasteiger partial charge in [-0.3, -0.25) is 0 Å². The molecular formula is C13H8Cl2F3NO. The van der Waals surface area contributed by atoms with Crippen LogP contribution < -0.4 is 4.74 Å². The molecule has 2 rings (SSSR count). The van der Waals surface area contributed by atoms with Gasteiger partial charge in [0.1, 0.15) is 6.61 Å². The minimum Gasteiger partial charge on any atom is -0.473 e. The Hall–Kier alpha value is -1.46. The molecule has 1 aromatic heterocycles. The molecule has 0 amide bonds. The zero-order chi connectivity index (χ0) is 14.8. The molecule has 0 aliphatic rings. The van der Waals surface area contributed by atoms with E-state index in [1.807, 2.05) is 0 Å². The second-order valence-electron chi connectivity index (χ2n) is 3.92. The fourth-order valence-electron chi connectivity index (χ4n) is 1.42.